The zero-order valence-corrected chi connectivity index (χ0v) is 27.0. The van der Waals surface area contributed by atoms with Gasteiger partial charge in [-0.1, -0.05) is 60.1 Å². The zero-order valence-electron chi connectivity index (χ0n) is 25.5. The Morgan fingerprint density at radius 1 is 0.702 bits per heavy atom. The Bertz CT molecular complexity index is 1940. The number of pyridine rings is 2. The van der Waals surface area contributed by atoms with E-state index >= 15 is 0 Å². The van der Waals surface area contributed by atoms with Crippen LogP contribution in [-0.2, 0) is 0 Å². The first-order valence-electron chi connectivity index (χ1n) is 13.6. The average molecular weight is 670 g/mol. The van der Waals surface area contributed by atoms with E-state index in [2.05, 4.69) is 20.6 Å². The van der Waals surface area contributed by atoms with E-state index in [1.165, 1.54) is 12.3 Å². The molecule has 239 valence electrons. The van der Waals surface area contributed by atoms with E-state index in [0.29, 0.717) is 39.3 Å². The van der Waals surface area contributed by atoms with Gasteiger partial charge in [0.05, 0.1) is 0 Å². The number of hydrogen-bond donors (Lipinski definition) is 5. The van der Waals surface area contributed by atoms with Gasteiger partial charge < -0.3 is 31.9 Å². The van der Waals surface area contributed by atoms with Crippen molar-refractivity contribution in [3.63, 3.8) is 0 Å². The number of aromatic nitrogens is 2. The van der Waals surface area contributed by atoms with E-state index in [1.807, 2.05) is 54.6 Å². The number of phenols is 1. The highest BCUT2D eigenvalue weighted by Gasteiger charge is 2.09. The summed E-state index contributed by atoms with van der Waals surface area (Å²) in [5.74, 6) is 1.02. The van der Waals surface area contributed by atoms with Gasteiger partial charge in [0.1, 0.15) is 28.6 Å². The molecule has 2 aromatic heterocycles. The molecule has 13 heteroatoms. The fraction of sp³-hybridized carbons (Fsp3) is 0.0588. The summed E-state index contributed by atoms with van der Waals surface area (Å²) >= 11 is 5.63. The van der Waals surface area contributed by atoms with Gasteiger partial charge in [0.25, 0.3) is 11.8 Å². The van der Waals surface area contributed by atoms with Gasteiger partial charge in [-0.05, 0) is 42.5 Å². The van der Waals surface area contributed by atoms with Crippen LogP contribution >= 0.6 is 24.0 Å². The molecule has 0 atom stereocenters. The maximum Gasteiger partial charge on any atom is 0.269 e. The highest BCUT2D eigenvalue weighted by atomic mass is 35.5. The van der Waals surface area contributed by atoms with Crippen molar-refractivity contribution >= 4 is 77.2 Å². The van der Waals surface area contributed by atoms with Crippen LogP contribution in [0.1, 0.15) is 21.0 Å². The monoisotopic (exact) mass is 669 g/mol. The van der Waals surface area contributed by atoms with E-state index < -0.39 is 0 Å². The molecule has 0 aliphatic heterocycles. The number of nitrogens with two attached hydrogens (primary N) is 2. The Morgan fingerprint density at radius 2 is 1.19 bits per heavy atom. The normalized spacial score (nSPS) is 9.68. The second-order valence-electron chi connectivity index (χ2n) is 9.41. The third-order valence-electron chi connectivity index (χ3n) is 6.45. The predicted molar refractivity (Wildman–Crippen MR) is 192 cm³/mol. The molecule has 2 heterocycles. The molecule has 0 saturated heterocycles. The average Bonchev–Trinajstić information content (AvgIpc) is 3.08. The highest BCUT2D eigenvalue weighted by molar-refractivity contribution is 6.30. The fourth-order valence-corrected chi connectivity index (χ4v) is 4.36. The minimum Gasteiger partial charge on any atom is -0.507 e. The summed E-state index contributed by atoms with van der Waals surface area (Å²) in [5.41, 5.74) is 13.7. The van der Waals surface area contributed by atoms with Gasteiger partial charge in [-0.25, -0.2) is 0 Å². The number of ether oxygens (including phenoxy) is 1. The van der Waals surface area contributed by atoms with Crippen molar-refractivity contribution < 1.29 is 19.4 Å². The molecule has 3 radical (unpaired) electrons. The lowest BCUT2D eigenvalue weighted by Crippen LogP contribution is -2.18. The summed E-state index contributed by atoms with van der Waals surface area (Å²) < 4.78 is 5.91. The number of phenolic OH excluding ortho intramolecular Hbond substituents is 1. The summed E-state index contributed by atoms with van der Waals surface area (Å²) in [6.45, 7) is 0. The first-order chi connectivity index (χ1) is 21.7. The van der Waals surface area contributed by atoms with Crippen molar-refractivity contribution in [3.8, 4) is 17.2 Å². The van der Waals surface area contributed by atoms with Gasteiger partial charge in [-0.15, -0.1) is 12.4 Å². The number of nitrogens with zero attached hydrogens (tertiary/aromatic N) is 2. The molecular formula is C34H32BCl2N6O4. The van der Waals surface area contributed by atoms with Crippen LogP contribution < -0.4 is 26.8 Å². The summed E-state index contributed by atoms with van der Waals surface area (Å²) in [7, 11) is 3.11. The summed E-state index contributed by atoms with van der Waals surface area (Å²) in [6, 6.07) is 28.6. The lowest BCUT2D eigenvalue weighted by Gasteiger charge is -2.11. The molecule has 47 heavy (non-hydrogen) atoms. The number of anilines is 2. The zero-order chi connectivity index (χ0) is 32.3. The number of amides is 2. The molecular weight excluding hydrogens is 638 g/mol. The predicted octanol–water partition coefficient (Wildman–Crippen LogP) is 6.23. The van der Waals surface area contributed by atoms with Crippen LogP contribution in [0.3, 0.4) is 0 Å². The number of nitrogen functional groups attached to an aromatic ring is 2. The first-order valence-corrected chi connectivity index (χ1v) is 14.0. The van der Waals surface area contributed by atoms with Crippen LogP contribution in [0, 0.1) is 0 Å². The minimum atomic E-state index is -0.257. The smallest absolute Gasteiger partial charge is 0.269 e. The SMILES string of the molecule is CNC(=O)c1cc(Cl)ccn1.CNC(=O)c1cc(Oc2ccc(N)c3ccccc23)ccn1.Cl.Nc1ccc(O)c2ccccc12.[B]. The topological polar surface area (TPSA) is 165 Å². The molecule has 7 N–H and O–H groups in total. The number of rotatable bonds is 4. The Hall–Kier alpha value is -5.52. The summed E-state index contributed by atoms with van der Waals surface area (Å²) in [6.07, 6.45) is 3.03. The number of nitrogens with one attached hydrogen (secondary N) is 2. The van der Waals surface area contributed by atoms with Crippen molar-refractivity contribution in [1.29, 1.82) is 0 Å². The third-order valence-corrected chi connectivity index (χ3v) is 6.69. The Morgan fingerprint density at radius 3 is 1.74 bits per heavy atom. The van der Waals surface area contributed by atoms with Crippen LogP contribution in [0.25, 0.3) is 21.5 Å². The van der Waals surface area contributed by atoms with Crippen LogP contribution in [0.15, 0.2) is 109 Å². The summed E-state index contributed by atoms with van der Waals surface area (Å²) in [4.78, 5) is 30.4. The van der Waals surface area contributed by atoms with Gasteiger partial charge in [-0.2, -0.15) is 0 Å². The summed E-state index contributed by atoms with van der Waals surface area (Å²) in [5, 5.41) is 18.5. The number of carbonyl (C=O) groups excluding carboxylic acids is 2. The van der Waals surface area contributed by atoms with Crippen molar-refractivity contribution in [3.05, 3.63) is 126 Å². The van der Waals surface area contributed by atoms with Gasteiger partial charge >= 0.3 is 0 Å². The number of benzene rings is 4. The van der Waals surface area contributed by atoms with Crippen LogP contribution in [-0.4, -0.2) is 49.4 Å². The molecule has 10 nitrogen and oxygen atoms in total. The number of halogens is 2. The molecule has 2 amide bonds. The largest absolute Gasteiger partial charge is 0.507 e. The van der Waals surface area contributed by atoms with Gasteiger partial charge in [0.2, 0.25) is 0 Å². The molecule has 0 unspecified atom stereocenters. The van der Waals surface area contributed by atoms with E-state index in [-0.39, 0.29) is 38.4 Å². The number of hydrogen-bond acceptors (Lipinski definition) is 8. The Labute approximate surface area is 285 Å². The fourth-order valence-electron chi connectivity index (χ4n) is 4.20. The molecule has 0 fully saturated rings. The van der Waals surface area contributed by atoms with E-state index in [4.69, 9.17) is 27.8 Å². The van der Waals surface area contributed by atoms with E-state index in [0.717, 1.165) is 21.5 Å². The Kier molecular flexibility index (Phi) is 14.3. The lowest BCUT2D eigenvalue weighted by molar-refractivity contribution is 0.0950. The van der Waals surface area contributed by atoms with Crippen LogP contribution in [0.2, 0.25) is 5.02 Å². The number of carbonyl (C=O) groups is 2. The molecule has 0 aliphatic carbocycles. The highest BCUT2D eigenvalue weighted by Crippen LogP contribution is 2.33. The van der Waals surface area contributed by atoms with Crippen LogP contribution in [0.5, 0.6) is 17.2 Å². The van der Waals surface area contributed by atoms with Gasteiger partial charge in [0, 0.05) is 78.9 Å². The molecule has 6 aromatic rings. The van der Waals surface area contributed by atoms with Gasteiger partial charge in [-0.3, -0.25) is 19.6 Å². The quantitative estimate of drug-likeness (QED) is 0.0837. The van der Waals surface area contributed by atoms with Gasteiger partial charge in [0.15, 0.2) is 0 Å². The first kappa shape index (κ1) is 37.7. The maximum absolute atomic E-state index is 11.6. The Balaban J connectivity index is 0.000000262. The number of aromatic hydroxyl groups is 1. The second-order valence-corrected chi connectivity index (χ2v) is 9.85. The van der Waals surface area contributed by atoms with Crippen LogP contribution in [0.4, 0.5) is 11.4 Å². The van der Waals surface area contributed by atoms with E-state index in [9.17, 15) is 14.7 Å². The number of fused-ring (bicyclic) bond motifs is 2. The second kappa shape index (κ2) is 17.8. The van der Waals surface area contributed by atoms with Crippen molar-refractivity contribution in [2.75, 3.05) is 25.6 Å². The molecule has 0 bridgehead atoms. The molecule has 0 saturated carbocycles. The molecule has 4 aromatic carbocycles. The van der Waals surface area contributed by atoms with Crippen molar-refractivity contribution in [2.24, 2.45) is 0 Å². The molecule has 0 spiro atoms. The lowest BCUT2D eigenvalue weighted by atomic mass is 10.1. The molecule has 0 aliphatic rings. The van der Waals surface area contributed by atoms with E-state index in [1.54, 1.807) is 56.7 Å². The van der Waals surface area contributed by atoms with Crippen molar-refractivity contribution in [2.45, 2.75) is 0 Å². The maximum atomic E-state index is 11.6. The minimum absolute atomic E-state index is 0. The molecule has 6 rings (SSSR count). The van der Waals surface area contributed by atoms with Crippen molar-refractivity contribution in [1.82, 2.24) is 20.6 Å². The standard InChI is InChI=1S/C17H15N3O2.C10H9NO.C7H7ClN2O.B.ClH/c1-19-17(21)15-10-11(8-9-20-15)22-16-7-6-14(18)12-4-2-3-5-13(12)16;11-9-5-6-10(12)8-4-2-1-3-7(8)9;1-9-7(11)6-4-5(8)2-3-10-6;;/h2-10H,18H2,1H3,(H,19,21);1-6,12H,11H2;2-4H,1H3,(H,9,11);;1H. The third kappa shape index (κ3) is 9.73.